The van der Waals surface area contributed by atoms with Gasteiger partial charge in [-0.25, -0.2) is 0 Å². The molecular weight excluding hydrogens is 695 g/mol. The van der Waals surface area contributed by atoms with Crippen LogP contribution in [0.5, 0.6) is 0 Å². The summed E-state index contributed by atoms with van der Waals surface area (Å²) in [5, 5.41) is 0. The van der Waals surface area contributed by atoms with Crippen LogP contribution in [0.4, 0.5) is 17.1 Å². The first kappa shape index (κ1) is 34.7. The molecule has 0 radical (unpaired) electrons. The molecule has 12 rings (SSSR count). The molecule has 0 aromatic heterocycles. The molecule has 1 heterocycles. The zero-order valence-electron chi connectivity index (χ0n) is 33.4. The van der Waals surface area contributed by atoms with Gasteiger partial charge in [-0.15, -0.1) is 0 Å². The SMILES string of the molecule is CC1(C)CCC(C)(C)c2cc(-c3ccccc3N(c3ccc(-c4ccccc4)cc3)c3ccc4c(c3)C3(c5ccccc5S4)C4CC5CC(C4)CC3C5)ccc21. The number of hydrogen-bond acceptors (Lipinski definition) is 2. The monoisotopic (exact) mass is 747 g/mol. The van der Waals surface area contributed by atoms with Crippen LogP contribution in [0.2, 0.25) is 0 Å². The molecule has 0 saturated heterocycles. The molecule has 6 aromatic carbocycles. The molecule has 2 heteroatoms. The third-order valence-electron chi connectivity index (χ3n) is 15.2. The highest BCUT2D eigenvalue weighted by Gasteiger charge is 2.60. The Kier molecular flexibility index (Phi) is 7.89. The van der Waals surface area contributed by atoms with E-state index in [1.165, 1.54) is 105 Å². The highest BCUT2D eigenvalue weighted by Crippen LogP contribution is 2.69. The van der Waals surface area contributed by atoms with E-state index in [2.05, 4.69) is 172 Å². The van der Waals surface area contributed by atoms with Gasteiger partial charge in [-0.1, -0.05) is 137 Å². The second kappa shape index (κ2) is 12.7. The summed E-state index contributed by atoms with van der Waals surface area (Å²) < 4.78 is 0. The maximum Gasteiger partial charge on any atom is 0.0540 e. The molecule has 6 aliphatic rings. The third kappa shape index (κ3) is 5.27. The van der Waals surface area contributed by atoms with Crippen LogP contribution in [0, 0.1) is 23.7 Å². The van der Waals surface area contributed by atoms with Gasteiger partial charge in [-0.05, 0) is 161 Å². The van der Waals surface area contributed by atoms with E-state index in [9.17, 15) is 0 Å². The lowest BCUT2D eigenvalue weighted by Crippen LogP contribution is -2.57. The molecule has 280 valence electrons. The fraction of sp³-hybridized carbons (Fsp3) is 0.333. The molecule has 56 heavy (non-hydrogen) atoms. The van der Waals surface area contributed by atoms with Gasteiger partial charge in [0.2, 0.25) is 0 Å². The van der Waals surface area contributed by atoms with Crippen molar-refractivity contribution < 1.29 is 0 Å². The van der Waals surface area contributed by atoms with Crippen molar-refractivity contribution in [3.8, 4) is 22.3 Å². The summed E-state index contributed by atoms with van der Waals surface area (Å²) >= 11 is 2.01. The smallest absolute Gasteiger partial charge is 0.0540 e. The average molecular weight is 748 g/mol. The molecule has 4 saturated carbocycles. The van der Waals surface area contributed by atoms with Crippen molar-refractivity contribution in [3.05, 3.63) is 162 Å². The maximum absolute atomic E-state index is 2.65. The molecule has 4 bridgehead atoms. The Labute approximate surface area is 338 Å². The van der Waals surface area contributed by atoms with Gasteiger partial charge in [0.05, 0.1) is 5.69 Å². The van der Waals surface area contributed by atoms with E-state index in [0.29, 0.717) is 11.8 Å². The first-order chi connectivity index (χ1) is 27.2. The maximum atomic E-state index is 2.65. The second-order valence-electron chi connectivity index (χ2n) is 19.2. The van der Waals surface area contributed by atoms with Gasteiger partial charge in [0, 0.05) is 32.1 Å². The predicted octanol–water partition coefficient (Wildman–Crippen LogP) is 15.0. The summed E-state index contributed by atoms with van der Waals surface area (Å²) in [6, 6.07) is 53.7. The molecule has 0 unspecified atom stereocenters. The van der Waals surface area contributed by atoms with Crippen LogP contribution >= 0.6 is 11.8 Å². The van der Waals surface area contributed by atoms with Crippen molar-refractivity contribution in [1.82, 2.24) is 0 Å². The number of rotatable bonds is 5. The summed E-state index contributed by atoms with van der Waals surface area (Å²) in [6.45, 7) is 9.75. The fourth-order valence-electron chi connectivity index (χ4n) is 12.6. The molecule has 5 aliphatic carbocycles. The standard InChI is InChI=1S/C54H53NS/c1-52(2)26-27-53(3,4)47-33-39(20-24-45(47)52)44-14-8-10-16-49(44)55(42-21-18-38(19-22-42)37-12-6-5-7-13-37)43-23-25-51-48(34-43)54(46-15-9-11-17-50(46)56-51)40-29-35-28-36(31-40)32-41(54)30-35/h5-25,33-36,40-41H,26-32H2,1-4H3. The van der Waals surface area contributed by atoms with Gasteiger partial charge >= 0.3 is 0 Å². The summed E-state index contributed by atoms with van der Waals surface area (Å²) in [7, 11) is 0. The van der Waals surface area contributed by atoms with E-state index in [1.54, 1.807) is 11.1 Å². The molecule has 1 nitrogen and oxygen atoms in total. The number of hydrogen-bond donors (Lipinski definition) is 0. The summed E-state index contributed by atoms with van der Waals surface area (Å²) in [5.41, 5.74) is 15.4. The Morgan fingerprint density at radius 1 is 0.464 bits per heavy atom. The third-order valence-corrected chi connectivity index (χ3v) is 16.3. The van der Waals surface area contributed by atoms with Gasteiger partial charge in [0.25, 0.3) is 0 Å². The number of fused-ring (bicyclic) bond motifs is 3. The van der Waals surface area contributed by atoms with Crippen molar-refractivity contribution in [2.45, 2.75) is 98.7 Å². The number of nitrogens with zero attached hydrogens (tertiary/aromatic N) is 1. The van der Waals surface area contributed by atoms with Gasteiger partial charge in [0.1, 0.15) is 0 Å². The molecule has 0 N–H and O–H groups in total. The Morgan fingerprint density at radius 2 is 1.05 bits per heavy atom. The van der Waals surface area contributed by atoms with Crippen molar-refractivity contribution in [1.29, 1.82) is 0 Å². The topological polar surface area (TPSA) is 3.24 Å². The van der Waals surface area contributed by atoms with Gasteiger partial charge in [0.15, 0.2) is 0 Å². The number of anilines is 3. The Hall–Kier alpha value is -4.53. The molecule has 4 fully saturated rings. The molecule has 0 atom stereocenters. The fourth-order valence-corrected chi connectivity index (χ4v) is 13.8. The molecule has 6 aromatic rings. The van der Waals surface area contributed by atoms with E-state index in [4.69, 9.17) is 0 Å². The highest BCUT2D eigenvalue weighted by molar-refractivity contribution is 7.99. The first-order valence-corrected chi connectivity index (χ1v) is 22.1. The number of benzene rings is 6. The zero-order valence-corrected chi connectivity index (χ0v) is 34.2. The minimum absolute atomic E-state index is 0.0832. The highest BCUT2D eigenvalue weighted by atomic mass is 32.2. The second-order valence-corrected chi connectivity index (χ2v) is 20.3. The minimum Gasteiger partial charge on any atom is -0.310 e. The van der Waals surface area contributed by atoms with E-state index in [0.717, 1.165) is 11.8 Å². The Balaban J connectivity index is 1.11. The lowest BCUT2D eigenvalue weighted by molar-refractivity contribution is -0.0443. The molecule has 1 spiro atoms. The summed E-state index contributed by atoms with van der Waals surface area (Å²) in [4.78, 5) is 5.53. The van der Waals surface area contributed by atoms with Crippen LogP contribution in [0.15, 0.2) is 149 Å². The largest absolute Gasteiger partial charge is 0.310 e. The van der Waals surface area contributed by atoms with Crippen molar-refractivity contribution >= 4 is 28.8 Å². The lowest BCUT2D eigenvalue weighted by atomic mass is 9.42. The number of para-hydroxylation sites is 1. The van der Waals surface area contributed by atoms with E-state index >= 15 is 0 Å². The van der Waals surface area contributed by atoms with Crippen LogP contribution in [-0.2, 0) is 16.2 Å². The predicted molar refractivity (Wildman–Crippen MR) is 236 cm³/mol. The van der Waals surface area contributed by atoms with Crippen LogP contribution < -0.4 is 4.90 Å². The molecule has 0 amide bonds. The quantitative estimate of drug-likeness (QED) is 0.173. The van der Waals surface area contributed by atoms with Crippen LogP contribution in [-0.4, -0.2) is 0 Å². The van der Waals surface area contributed by atoms with Crippen LogP contribution in [0.1, 0.15) is 94.9 Å². The summed E-state index contributed by atoms with van der Waals surface area (Å²) in [6.07, 6.45) is 9.43. The van der Waals surface area contributed by atoms with Crippen LogP contribution in [0.3, 0.4) is 0 Å². The van der Waals surface area contributed by atoms with Crippen LogP contribution in [0.25, 0.3) is 22.3 Å². The van der Waals surface area contributed by atoms with E-state index in [1.807, 2.05) is 11.8 Å². The average Bonchev–Trinajstić information content (AvgIpc) is 3.22. The normalized spacial score (nSPS) is 26.0. The van der Waals surface area contributed by atoms with Crippen molar-refractivity contribution in [2.24, 2.45) is 23.7 Å². The first-order valence-electron chi connectivity index (χ1n) is 21.3. The summed E-state index contributed by atoms with van der Waals surface area (Å²) in [5.74, 6) is 3.25. The van der Waals surface area contributed by atoms with Crippen molar-refractivity contribution in [3.63, 3.8) is 0 Å². The van der Waals surface area contributed by atoms with Gasteiger partial charge < -0.3 is 4.90 Å². The zero-order chi connectivity index (χ0) is 37.8. The molecule has 1 aliphatic heterocycles. The van der Waals surface area contributed by atoms with E-state index < -0.39 is 0 Å². The Morgan fingerprint density at radius 3 is 1.80 bits per heavy atom. The lowest BCUT2D eigenvalue weighted by Gasteiger charge is -2.63. The van der Waals surface area contributed by atoms with Crippen molar-refractivity contribution in [2.75, 3.05) is 4.90 Å². The Bertz CT molecular complexity index is 2440. The van der Waals surface area contributed by atoms with Gasteiger partial charge in [-0.2, -0.15) is 0 Å². The minimum atomic E-state index is 0.0832. The van der Waals surface area contributed by atoms with E-state index in [-0.39, 0.29) is 16.2 Å². The molecular formula is C54H53NS. The van der Waals surface area contributed by atoms with Gasteiger partial charge in [-0.3, -0.25) is 0 Å².